The molecule has 1 saturated heterocycles. The lowest BCUT2D eigenvalue weighted by Crippen LogP contribution is -2.43. The number of benzene rings is 2. The number of nitrogens with zero attached hydrogens (tertiary/aromatic N) is 2. The lowest BCUT2D eigenvalue weighted by Gasteiger charge is -2.33. The molecule has 7 heteroatoms. The summed E-state index contributed by atoms with van der Waals surface area (Å²) in [4.78, 5) is 28.2. The van der Waals surface area contributed by atoms with Crippen LogP contribution >= 0.6 is 0 Å². The predicted molar refractivity (Wildman–Crippen MR) is 113 cm³/mol. The maximum atomic E-state index is 13.2. The molecule has 1 heterocycles. The molecule has 0 aliphatic carbocycles. The molecule has 2 aromatic rings. The molecule has 0 bridgehead atoms. The Morgan fingerprint density at radius 1 is 1.03 bits per heavy atom. The van der Waals surface area contributed by atoms with Crippen molar-refractivity contribution < 1.29 is 22.8 Å². The summed E-state index contributed by atoms with van der Waals surface area (Å²) in [6.45, 7) is 0.788. The van der Waals surface area contributed by atoms with E-state index in [-0.39, 0.29) is 29.8 Å². The lowest BCUT2D eigenvalue weighted by molar-refractivity contribution is -0.141. The maximum absolute atomic E-state index is 13.2. The van der Waals surface area contributed by atoms with Gasteiger partial charge in [0.15, 0.2) is 0 Å². The fourth-order valence-corrected chi connectivity index (χ4v) is 3.76. The third kappa shape index (κ3) is 5.96. The van der Waals surface area contributed by atoms with Crippen LogP contribution in [0.25, 0.3) is 6.08 Å². The first-order valence-electron chi connectivity index (χ1n) is 10.2. The van der Waals surface area contributed by atoms with Crippen LogP contribution < -0.4 is 0 Å². The monoisotopic (exact) mass is 430 g/mol. The molecule has 0 unspecified atom stereocenters. The highest BCUT2D eigenvalue weighted by Gasteiger charge is 2.34. The zero-order valence-electron chi connectivity index (χ0n) is 17.3. The molecule has 1 aliphatic heterocycles. The van der Waals surface area contributed by atoms with Crippen LogP contribution in [0, 0.1) is 5.92 Å². The lowest BCUT2D eigenvalue weighted by atomic mass is 9.95. The van der Waals surface area contributed by atoms with E-state index < -0.39 is 11.7 Å². The van der Waals surface area contributed by atoms with Gasteiger partial charge in [-0.2, -0.15) is 13.2 Å². The van der Waals surface area contributed by atoms with Crippen molar-refractivity contribution in [3.63, 3.8) is 0 Å². The highest BCUT2D eigenvalue weighted by atomic mass is 19.4. The number of alkyl halides is 3. The molecular formula is C24H25F3N2O2. The molecule has 31 heavy (non-hydrogen) atoms. The van der Waals surface area contributed by atoms with Crippen molar-refractivity contribution in [1.82, 2.24) is 9.80 Å². The normalized spacial score (nSPS) is 15.3. The number of hydrogen-bond donors (Lipinski definition) is 0. The Labute approximate surface area is 180 Å². The van der Waals surface area contributed by atoms with E-state index in [1.54, 1.807) is 11.0 Å². The average Bonchev–Trinajstić information content (AvgIpc) is 2.77. The fourth-order valence-electron chi connectivity index (χ4n) is 3.76. The Morgan fingerprint density at radius 3 is 2.29 bits per heavy atom. The quantitative estimate of drug-likeness (QED) is 0.650. The van der Waals surface area contributed by atoms with Gasteiger partial charge in [0.25, 0.3) is 0 Å². The van der Waals surface area contributed by atoms with E-state index in [4.69, 9.17) is 0 Å². The fraction of sp³-hybridized carbons (Fsp3) is 0.333. The number of likely N-dealkylation sites (tertiary alicyclic amines) is 1. The van der Waals surface area contributed by atoms with Crippen molar-refractivity contribution >= 4 is 17.9 Å². The van der Waals surface area contributed by atoms with E-state index in [1.165, 1.54) is 36.2 Å². The standard InChI is InChI=1S/C24H25F3N2O2/c1-28(17-20-9-5-6-10-21(20)24(25,26)27)23(31)19-13-15-29(16-14-19)22(30)12-11-18-7-3-2-4-8-18/h2-12,19H,13-17H2,1H3/b12-11+. The Kier molecular flexibility index (Phi) is 7.15. The van der Waals surface area contributed by atoms with Gasteiger partial charge in [0.05, 0.1) is 5.56 Å². The number of halogens is 3. The number of rotatable bonds is 5. The van der Waals surface area contributed by atoms with E-state index in [1.807, 2.05) is 30.3 Å². The first-order chi connectivity index (χ1) is 14.8. The SMILES string of the molecule is CN(Cc1ccccc1C(F)(F)F)C(=O)C1CCN(C(=O)/C=C/c2ccccc2)CC1. The van der Waals surface area contributed by atoms with Gasteiger partial charge < -0.3 is 9.80 Å². The molecular weight excluding hydrogens is 405 g/mol. The van der Waals surface area contributed by atoms with Crippen LogP contribution in [0.5, 0.6) is 0 Å². The molecule has 4 nitrogen and oxygen atoms in total. The van der Waals surface area contributed by atoms with Gasteiger partial charge in [-0.1, -0.05) is 48.5 Å². The molecule has 2 amide bonds. The Balaban J connectivity index is 1.54. The first kappa shape index (κ1) is 22.6. The molecule has 0 radical (unpaired) electrons. The van der Waals surface area contributed by atoms with Crippen molar-refractivity contribution in [2.75, 3.05) is 20.1 Å². The van der Waals surface area contributed by atoms with Crippen LogP contribution in [-0.4, -0.2) is 41.8 Å². The van der Waals surface area contributed by atoms with Crippen molar-refractivity contribution in [2.45, 2.75) is 25.6 Å². The number of amides is 2. The third-order valence-electron chi connectivity index (χ3n) is 5.48. The zero-order chi connectivity index (χ0) is 22.4. The van der Waals surface area contributed by atoms with Crippen molar-refractivity contribution in [3.8, 4) is 0 Å². The van der Waals surface area contributed by atoms with E-state index in [0.29, 0.717) is 25.9 Å². The largest absolute Gasteiger partial charge is 0.416 e. The number of carbonyl (C=O) groups is 2. The van der Waals surface area contributed by atoms with Gasteiger partial charge >= 0.3 is 6.18 Å². The zero-order valence-corrected chi connectivity index (χ0v) is 17.3. The summed E-state index contributed by atoms with van der Waals surface area (Å²) in [5, 5.41) is 0. The Morgan fingerprint density at radius 2 is 1.65 bits per heavy atom. The first-order valence-corrected chi connectivity index (χ1v) is 10.2. The molecule has 0 atom stereocenters. The molecule has 1 aliphatic rings. The van der Waals surface area contributed by atoms with E-state index in [9.17, 15) is 22.8 Å². The predicted octanol–water partition coefficient (Wildman–Crippen LogP) is 4.62. The number of piperidine rings is 1. The molecule has 0 aromatic heterocycles. The van der Waals surface area contributed by atoms with Crippen LogP contribution in [0.1, 0.15) is 29.5 Å². The maximum Gasteiger partial charge on any atom is 0.416 e. The summed E-state index contributed by atoms with van der Waals surface area (Å²) >= 11 is 0. The summed E-state index contributed by atoms with van der Waals surface area (Å²) < 4.78 is 39.6. The summed E-state index contributed by atoms with van der Waals surface area (Å²) in [5.41, 5.74) is 0.284. The minimum absolute atomic E-state index is 0.0736. The Hall–Kier alpha value is -3.09. The van der Waals surface area contributed by atoms with Crippen LogP contribution in [0.15, 0.2) is 60.7 Å². The smallest absolute Gasteiger partial charge is 0.341 e. The average molecular weight is 430 g/mol. The van der Waals surface area contributed by atoms with Crippen molar-refractivity contribution in [3.05, 3.63) is 77.4 Å². The Bertz CT molecular complexity index is 933. The van der Waals surface area contributed by atoms with Crippen LogP contribution in [-0.2, 0) is 22.3 Å². The van der Waals surface area contributed by atoms with E-state index in [2.05, 4.69) is 0 Å². The van der Waals surface area contributed by atoms with Gasteiger partial charge in [0.1, 0.15) is 0 Å². The molecule has 0 saturated carbocycles. The molecule has 3 rings (SSSR count). The third-order valence-corrected chi connectivity index (χ3v) is 5.48. The van der Waals surface area contributed by atoms with Gasteiger partial charge in [-0.25, -0.2) is 0 Å². The number of hydrogen-bond acceptors (Lipinski definition) is 2. The van der Waals surface area contributed by atoms with Gasteiger partial charge in [-0.05, 0) is 36.1 Å². The van der Waals surface area contributed by atoms with E-state index in [0.717, 1.165) is 11.6 Å². The summed E-state index contributed by atoms with van der Waals surface area (Å²) in [7, 11) is 1.52. The van der Waals surface area contributed by atoms with Gasteiger partial charge in [-0.3, -0.25) is 9.59 Å². The molecule has 2 aromatic carbocycles. The highest BCUT2D eigenvalue weighted by molar-refractivity contribution is 5.92. The molecule has 164 valence electrons. The molecule has 0 N–H and O–H groups in total. The summed E-state index contributed by atoms with van der Waals surface area (Å²) in [5.74, 6) is -0.601. The number of carbonyl (C=O) groups excluding carboxylic acids is 2. The van der Waals surface area contributed by atoms with Gasteiger partial charge in [0, 0.05) is 38.7 Å². The second kappa shape index (κ2) is 9.81. The van der Waals surface area contributed by atoms with Crippen molar-refractivity contribution in [2.24, 2.45) is 5.92 Å². The van der Waals surface area contributed by atoms with Crippen LogP contribution in [0.3, 0.4) is 0 Å². The second-order valence-corrected chi connectivity index (χ2v) is 7.69. The minimum atomic E-state index is -4.46. The van der Waals surface area contributed by atoms with Crippen LogP contribution in [0.4, 0.5) is 13.2 Å². The van der Waals surface area contributed by atoms with Gasteiger partial charge in [0.2, 0.25) is 11.8 Å². The summed E-state index contributed by atoms with van der Waals surface area (Å²) in [6.07, 6.45) is -0.188. The van der Waals surface area contributed by atoms with E-state index >= 15 is 0 Å². The summed E-state index contributed by atoms with van der Waals surface area (Å²) in [6, 6.07) is 14.8. The van der Waals surface area contributed by atoms with Crippen molar-refractivity contribution in [1.29, 1.82) is 0 Å². The minimum Gasteiger partial charge on any atom is -0.341 e. The van der Waals surface area contributed by atoms with Crippen LogP contribution in [0.2, 0.25) is 0 Å². The molecule has 0 spiro atoms. The highest BCUT2D eigenvalue weighted by Crippen LogP contribution is 2.32. The second-order valence-electron chi connectivity index (χ2n) is 7.69. The molecule has 1 fully saturated rings. The van der Waals surface area contributed by atoms with Gasteiger partial charge in [-0.15, -0.1) is 0 Å². The topological polar surface area (TPSA) is 40.6 Å².